The molecule has 2 aromatic carbocycles. The lowest BCUT2D eigenvalue weighted by Crippen LogP contribution is -2.50. The predicted octanol–water partition coefficient (Wildman–Crippen LogP) is 5.79. The van der Waals surface area contributed by atoms with E-state index in [4.69, 9.17) is 14.2 Å². The summed E-state index contributed by atoms with van der Waals surface area (Å²) in [4.78, 5) is 12.2. The number of methoxy groups -OCH3 is 1. The molecule has 0 amide bonds. The van der Waals surface area contributed by atoms with Gasteiger partial charge in [0.1, 0.15) is 11.3 Å². The number of carboxylic acid groups (broad SMARTS) is 1. The SMILES string of the molecule is COc1c(C)c(C)cc(-c2ccc(NC3(C(=O)O)CCOCC3)cc2COC2CCCC2)c1C. The summed E-state index contributed by atoms with van der Waals surface area (Å²) in [6, 6.07) is 8.34. The number of ether oxygens (including phenoxy) is 3. The Kier molecular flexibility index (Phi) is 7.48. The molecule has 1 aliphatic heterocycles. The largest absolute Gasteiger partial charge is 0.496 e. The van der Waals surface area contributed by atoms with E-state index < -0.39 is 11.5 Å². The Labute approximate surface area is 202 Å². The van der Waals surface area contributed by atoms with Gasteiger partial charge in [0.2, 0.25) is 0 Å². The van der Waals surface area contributed by atoms with Crippen LogP contribution in [0.3, 0.4) is 0 Å². The molecule has 0 unspecified atom stereocenters. The van der Waals surface area contributed by atoms with Crippen molar-refractivity contribution in [2.45, 2.75) is 77.5 Å². The summed E-state index contributed by atoms with van der Waals surface area (Å²) in [6.45, 7) is 7.66. The second-order valence-electron chi connectivity index (χ2n) is 9.74. The highest BCUT2D eigenvalue weighted by molar-refractivity contribution is 5.84. The van der Waals surface area contributed by atoms with Crippen molar-refractivity contribution in [1.29, 1.82) is 0 Å². The first-order chi connectivity index (χ1) is 16.3. The Bertz CT molecular complexity index is 1040. The maximum atomic E-state index is 12.2. The Balaban J connectivity index is 1.73. The van der Waals surface area contributed by atoms with E-state index in [9.17, 15) is 9.90 Å². The van der Waals surface area contributed by atoms with Gasteiger partial charge >= 0.3 is 5.97 Å². The summed E-state index contributed by atoms with van der Waals surface area (Å²) in [5, 5.41) is 13.3. The zero-order chi connectivity index (χ0) is 24.3. The highest BCUT2D eigenvalue weighted by atomic mass is 16.5. The number of rotatable bonds is 8. The van der Waals surface area contributed by atoms with Crippen molar-refractivity contribution in [3.63, 3.8) is 0 Å². The van der Waals surface area contributed by atoms with Crippen LogP contribution in [0, 0.1) is 20.8 Å². The first-order valence-corrected chi connectivity index (χ1v) is 12.3. The number of hydrogen-bond donors (Lipinski definition) is 2. The van der Waals surface area contributed by atoms with Gasteiger partial charge in [-0.25, -0.2) is 4.79 Å². The van der Waals surface area contributed by atoms with Crippen LogP contribution in [-0.2, 0) is 20.9 Å². The van der Waals surface area contributed by atoms with E-state index in [0.717, 1.165) is 52.1 Å². The average molecular weight is 468 g/mol. The molecule has 0 radical (unpaired) electrons. The molecule has 6 nitrogen and oxygen atoms in total. The van der Waals surface area contributed by atoms with Crippen molar-refractivity contribution in [2.24, 2.45) is 0 Å². The molecule has 4 rings (SSSR count). The minimum absolute atomic E-state index is 0.292. The molecule has 0 bridgehead atoms. The Morgan fingerprint density at radius 1 is 1.09 bits per heavy atom. The van der Waals surface area contributed by atoms with Crippen LogP contribution in [0.2, 0.25) is 0 Å². The molecule has 184 valence electrons. The lowest BCUT2D eigenvalue weighted by atomic mass is 9.88. The van der Waals surface area contributed by atoms with E-state index in [1.807, 2.05) is 6.07 Å². The van der Waals surface area contributed by atoms with Crippen LogP contribution in [0.25, 0.3) is 11.1 Å². The second kappa shape index (κ2) is 10.4. The molecule has 34 heavy (non-hydrogen) atoms. The standard InChI is InChI=1S/C28H37NO5/c1-18-15-25(20(3)26(32-4)19(18)2)24-10-9-22(16-21(24)17-34-23-7-5-6-8-23)29-28(27(30)31)11-13-33-14-12-28/h9-10,15-16,23,29H,5-8,11-14,17H2,1-4H3,(H,30,31). The average Bonchev–Trinajstić information content (AvgIpc) is 3.35. The van der Waals surface area contributed by atoms with E-state index in [1.54, 1.807) is 7.11 Å². The Hall–Kier alpha value is -2.57. The van der Waals surface area contributed by atoms with Gasteiger partial charge in [-0.05, 0) is 79.1 Å². The smallest absolute Gasteiger partial charge is 0.329 e. The van der Waals surface area contributed by atoms with Gasteiger partial charge in [0.25, 0.3) is 0 Å². The maximum absolute atomic E-state index is 12.2. The molecule has 2 aromatic rings. The molecule has 1 saturated heterocycles. The summed E-state index contributed by atoms with van der Waals surface area (Å²) < 4.78 is 17.5. The van der Waals surface area contributed by atoms with Crippen LogP contribution in [0.4, 0.5) is 5.69 Å². The first-order valence-electron chi connectivity index (χ1n) is 12.3. The molecule has 1 heterocycles. The number of aryl methyl sites for hydroxylation is 1. The van der Waals surface area contributed by atoms with Crippen molar-refractivity contribution in [3.05, 3.63) is 46.5 Å². The fraction of sp³-hybridized carbons (Fsp3) is 0.536. The summed E-state index contributed by atoms with van der Waals surface area (Å²) in [5.74, 6) is 0.0743. The molecule has 2 N–H and O–H groups in total. The third kappa shape index (κ3) is 4.93. The van der Waals surface area contributed by atoms with Gasteiger partial charge in [-0.2, -0.15) is 0 Å². The summed E-state index contributed by atoms with van der Waals surface area (Å²) in [6.07, 6.45) is 5.81. The molecule has 1 aliphatic carbocycles. The molecule has 2 aliphatic rings. The van der Waals surface area contributed by atoms with Crippen molar-refractivity contribution in [3.8, 4) is 16.9 Å². The number of nitrogens with one attached hydrogen (secondary N) is 1. The van der Waals surface area contributed by atoms with Crippen molar-refractivity contribution < 1.29 is 24.1 Å². The highest BCUT2D eigenvalue weighted by Crippen LogP contribution is 2.38. The van der Waals surface area contributed by atoms with Gasteiger partial charge in [-0.1, -0.05) is 25.0 Å². The van der Waals surface area contributed by atoms with Gasteiger partial charge in [-0.15, -0.1) is 0 Å². The normalized spacial score (nSPS) is 18.1. The van der Waals surface area contributed by atoms with Crippen LogP contribution in [-0.4, -0.2) is 43.0 Å². The molecule has 0 aromatic heterocycles. The zero-order valence-corrected chi connectivity index (χ0v) is 20.8. The second-order valence-corrected chi connectivity index (χ2v) is 9.74. The molecular weight excluding hydrogens is 430 g/mol. The van der Waals surface area contributed by atoms with E-state index in [-0.39, 0.29) is 0 Å². The van der Waals surface area contributed by atoms with E-state index in [0.29, 0.717) is 38.8 Å². The number of anilines is 1. The fourth-order valence-electron chi connectivity index (χ4n) is 5.31. The van der Waals surface area contributed by atoms with Gasteiger partial charge < -0.3 is 24.6 Å². The molecule has 6 heteroatoms. The number of carboxylic acids is 1. The molecule has 1 saturated carbocycles. The lowest BCUT2D eigenvalue weighted by molar-refractivity contribution is -0.145. The Morgan fingerprint density at radius 2 is 1.79 bits per heavy atom. The molecule has 0 spiro atoms. The topological polar surface area (TPSA) is 77.0 Å². The minimum Gasteiger partial charge on any atom is -0.496 e. The summed E-state index contributed by atoms with van der Waals surface area (Å²) in [7, 11) is 1.72. The van der Waals surface area contributed by atoms with Crippen molar-refractivity contribution in [1.82, 2.24) is 0 Å². The van der Waals surface area contributed by atoms with Gasteiger partial charge in [0.15, 0.2) is 0 Å². The third-order valence-corrected chi connectivity index (χ3v) is 7.55. The number of aliphatic carboxylic acids is 1. The molecule has 0 atom stereocenters. The van der Waals surface area contributed by atoms with E-state index >= 15 is 0 Å². The monoisotopic (exact) mass is 467 g/mol. The Morgan fingerprint density at radius 3 is 2.44 bits per heavy atom. The lowest BCUT2D eigenvalue weighted by Gasteiger charge is -2.35. The number of hydrogen-bond acceptors (Lipinski definition) is 5. The van der Waals surface area contributed by atoms with Gasteiger partial charge in [0, 0.05) is 31.7 Å². The number of benzene rings is 2. The quantitative estimate of drug-likeness (QED) is 0.512. The van der Waals surface area contributed by atoms with Gasteiger partial charge in [-0.3, -0.25) is 0 Å². The van der Waals surface area contributed by atoms with Gasteiger partial charge in [0.05, 0.1) is 19.8 Å². The third-order valence-electron chi connectivity index (χ3n) is 7.55. The predicted molar refractivity (Wildman–Crippen MR) is 134 cm³/mol. The van der Waals surface area contributed by atoms with Crippen LogP contribution in [0.15, 0.2) is 24.3 Å². The van der Waals surface area contributed by atoms with Crippen molar-refractivity contribution in [2.75, 3.05) is 25.6 Å². The van der Waals surface area contributed by atoms with Crippen molar-refractivity contribution >= 4 is 11.7 Å². The van der Waals surface area contributed by atoms with E-state index in [1.165, 1.54) is 18.4 Å². The minimum atomic E-state index is -1.01. The highest BCUT2D eigenvalue weighted by Gasteiger charge is 2.40. The summed E-state index contributed by atoms with van der Waals surface area (Å²) in [5.41, 5.74) is 6.48. The summed E-state index contributed by atoms with van der Waals surface area (Å²) >= 11 is 0. The van der Waals surface area contributed by atoms with Crippen LogP contribution in [0.1, 0.15) is 60.8 Å². The van der Waals surface area contributed by atoms with Crippen LogP contribution in [0.5, 0.6) is 5.75 Å². The molecule has 2 fully saturated rings. The first kappa shape index (κ1) is 24.6. The molecular formula is C28H37NO5. The van der Waals surface area contributed by atoms with E-state index in [2.05, 4.69) is 44.3 Å². The van der Waals surface area contributed by atoms with Crippen LogP contribution < -0.4 is 10.1 Å². The van der Waals surface area contributed by atoms with Crippen LogP contribution >= 0.6 is 0 Å². The zero-order valence-electron chi connectivity index (χ0n) is 20.8. The number of carbonyl (C=O) groups is 1. The fourth-order valence-corrected chi connectivity index (χ4v) is 5.31. The maximum Gasteiger partial charge on any atom is 0.329 e.